The summed E-state index contributed by atoms with van der Waals surface area (Å²) in [6, 6.07) is 5.07. The molecule has 0 amide bonds. The first-order valence-corrected chi connectivity index (χ1v) is 4.02. The van der Waals surface area contributed by atoms with E-state index in [0.29, 0.717) is 0 Å². The van der Waals surface area contributed by atoms with Crippen molar-refractivity contribution >= 4 is 0 Å². The number of hydrogen-bond acceptors (Lipinski definition) is 3. The Bertz CT molecular complexity index is 451. The van der Waals surface area contributed by atoms with Gasteiger partial charge in [0.15, 0.2) is 0 Å². The maximum Gasteiger partial charge on any atom is 0.433 e. The van der Waals surface area contributed by atoms with Gasteiger partial charge in [0.25, 0.3) is 0 Å². The van der Waals surface area contributed by atoms with E-state index in [0.717, 1.165) is 6.07 Å². The Hall–Kier alpha value is -1.85. The summed E-state index contributed by atoms with van der Waals surface area (Å²) in [5.74, 6) is 0. The summed E-state index contributed by atoms with van der Waals surface area (Å²) in [7, 11) is 0. The highest BCUT2D eigenvalue weighted by atomic mass is 19.4. The first kappa shape index (κ1) is 9.70. The van der Waals surface area contributed by atoms with Crippen LogP contribution in [0.4, 0.5) is 13.2 Å². The Morgan fingerprint density at radius 3 is 2.47 bits per heavy atom. The van der Waals surface area contributed by atoms with E-state index in [1.165, 1.54) is 24.5 Å². The molecule has 2 aromatic rings. The predicted molar refractivity (Wildman–Crippen MR) is 44.7 cm³/mol. The lowest BCUT2D eigenvalue weighted by molar-refractivity contribution is -0.141. The molecule has 0 aliphatic rings. The molecular weight excluding hydrogens is 209 g/mol. The molecule has 0 unspecified atom stereocenters. The van der Waals surface area contributed by atoms with Crippen LogP contribution in [0.2, 0.25) is 0 Å². The summed E-state index contributed by atoms with van der Waals surface area (Å²) in [4.78, 5) is 3.44. The van der Waals surface area contributed by atoms with Crippen molar-refractivity contribution in [2.75, 3.05) is 0 Å². The molecule has 2 aromatic heterocycles. The van der Waals surface area contributed by atoms with Crippen LogP contribution in [-0.2, 0) is 6.18 Å². The Labute approximate surface area is 82.5 Å². The first-order chi connectivity index (χ1) is 7.07. The topological polar surface area (TPSA) is 38.9 Å². The molecule has 3 nitrogen and oxygen atoms in total. The highest BCUT2D eigenvalue weighted by molar-refractivity contribution is 5.52. The van der Waals surface area contributed by atoms with Gasteiger partial charge in [-0.2, -0.15) is 13.2 Å². The van der Waals surface area contributed by atoms with Crippen LogP contribution in [0.5, 0.6) is 0 Å². The molecule has 0 spiro atoms. The molecule has 0 atom stereocenters. The summed E-state index contributed by atoms with van der Waals surface area (Å²) < 4.78 is 41.4. The average molecular weight is 214 g/mol. The molecule has 15 heavy (non-hydrogen) atoms. The molecule has 0 saturated carbocycles. The van der Waals surface area contributed by atoms with Crippen LogP contribution < -0.4 is 0 Å². The molecular formula is C9H5F3N2O. The van der Waals surface area contributed by atoms with E-state index in [2.05, 4.69) is 14.7 Å². The van der Waals surface area contributed by atoms with Crippen LogP contribution in [0.15, 0.2) is 35.1 Å². The lowest BCUT2D eigenvalue weighted by Crippen LogP contribution is -2.07. The van der Waals surface area contributed by atoms with E-state index in [4.69, 9.17) is 0 Å². The van der Waals surface area contributed by atoms with Crippen LogP contribution in [-0.4, -0.2) is 10.1 Å². The van der Waals surface area contributed by atoms with Crippen molar-refractivity contribution in [1.82, 2.24) is 10.1 Å². The van der Waals surface area contributed by atoms with E-state index >= 15 is 0 Å². The minimum Gasteiger partial charge on any atom is -0.364 e. The van der Waals surface area contributed by atoms with Crippen molar-refractivity contribution in [2.45, 2.75) is 6.18 Å². The van der Waals surface area contributed by atoms with Crippen LogP contribution in [0.25, 0.3) is 11.4 Å². The van der Waals surface area contributed by atoms with Crippen LogP contribution in [0, 0.1) is 0 Å². The zero-order valence-electron chi connectivity index (χ0n) is 7.32. The fourth-order valence-corrected chi connectivity index (χ4v) is 1.08. The quantitative estimate of drug-likeness (QED) is 0.732. The van der Waals surface area contributed by atoms with Gasteiger partial charge in [-0.1, -0.05) is 11.2 Å². The molecule has 2 heterocycles. The maximum atomic E-state index is 12.3. The molecule has 0 aromatic carbocycles. The molecule has 0 fully saturated rings. The standard InChI is InChI=1S/C9H5F3N2O/c10-9(11,12)8-3-1-2-6(13-8)7-4-5-15-14-7/h1-5H. The minimum atomic E-state index is -4.44. The fourth-order valence-electron chi connectivity index (χ4n) is 1.08. The molecule has 2 rings (SSSR count). The summed E-state index contributed by atoms with van der Waals surface area (Å²) in [5.41, 5.74) is -0.525. The van der Waals surface area contributed by atoms with Crippen LogP contribution in [0.1, 0.15) is 5.69 Å². The Morgan fingerprint density at radius 1 is 1.07 bits per heavy atom. The molecule has 78 valence electrons. The third kappa shape index (κ3) is 1.98. The number of alkyl halides is 3. The van der Waals surface area contributed by atoms with E-state index in [1.807, 2.05) is 0 Å². The van der Waals surface area contributed by atoms with Gasteiger partial charge in [0.05, 0.1) is 5.69 Å². The van der Waals surface area contributed by atoms with Crippen molar-refractivity contribution in [3.05, 3.63) is 36.2 Å². The van der Waals surface area contributed by atoms with Gasteiger partial charge in [0.1, 0.15) is 17.7 Å². The van der Waals surface area contributed by atoms with Gasteiger partial charge in [0, 0.05) is 6.07 Å². The van der Waals surface area contributed by atoms with Gasteiger partial charge in [-0.25, -0.2) is 4.98 Å². The summed E-state index contributed by atoms with van der Waals surface area (Å²) in [6.07, 6.45) is -3.17. The Balaban J connectivity index is 2.44. The molecule has 6 heteroatoms. The SMILES string of the molecule is FC(F)(F)c1cccc(-c2ccon2)n1. The molecule has 0 saturated heterocycles. The van der Waals surface area contributed by atoms with E-state index in [1.54, 1.807) is 0 Å². The third-order valence-electron chi connectivity index (χ3n) is 1.74. The van der Waals surface area contributed by atoms with Crippen LogP contribution in [0.3, 0.4) is 0 Å². The molecule has 0 bridgehead atoms. The zero-order valence-corrected chi connectivity index (χ0v) is 7.32. The lowest BCUT2D eigenvalue weighted by atomic mass is 10.2. The monoisotopic (exact) mass is 214 g/mol. The summed E-state index contributed by atoms with van der Waals surface area (Å²) >= 11 is 0. The fraction of sp³-hybridized carbons (Fsp3) is 0.111. The van der Waals surface area contributed by atoms with Gasteiger partial charge in [0.2, 0.25) is 0 Å². The highest BCUT2D eigenvalue weighted by Gasteiger charge is 2.32. The Kier molecular flexibility index (Phi) is 2.18. The third-order valence-corrected chi connectivity index (χ3v) is 1.74. The largest absolute Gasteiger partial charge is 0.433 e. The number of halogens is 3. The van der Waals surface area contributed by atoms with Crippen LogP contribution >= 0.6 is 0 Å². The second-order valence-corrected chi connectivity index (χ2v) is 2.79. The zero-order chi connectivity index (χ0) is 10.9. The summed E-state index contributed by atoms with van der Waals surface area (Å²) in [5, 5.41) is 3.50. The normalized spacial score (nSPS) is 11.7. The van der Waals surface area contributed by atoms with Crippen molar-refractivity contribution in [2.24, 2.45) is 0 Å². The van der Waals surface area contributed by atoms with E-state index in [9.17, 15) is 13.2 Å². The van der Waals surface area contributed by atoms with Gasteiger partial charge >= 0.3 is 6.18 Å². The first-order valence-electron chi connectivity index (χ1n) is 4.02. The molecule has 0 N–H and O–H groups in total. The number of nitrogens with zero attached hydrogens (tertiary/aromatic N) is 2. The minimum absolute atomic E-state index is 0.138. The van der Waals surface area contributed by atoms with E-state index < -0.39 is 11.9 Å². The van der Waals surface area contributed by atoms with Gasteiger partial charge < -0.3 is 4.52 Å². The van der Waals surface area contributed by atoms with Gasteiger partial charge in [-0.3, -0.25) is 0 Å². The Morgan fingerprint density at radius 2 is 1.87 bits per heavy atom. The van der Waals surface area contributed by atoms with Gasteiger partial charge in [-0.05, 0) is 12.1 Å². The number of rotatable bonds is 1. The number of aromatic nitrogens is 2. The second-order valence-electron chi connectivity index (χ2n) is 2.79. The molecule has 0 aliphatic heterocycles. The molecule has 0 radical (unpaired) electrons. The highest BCUT2D eigenvalue weighted by Crippen LogP contribution is 2.28. The maximum absolute atomic E-state index is 12.3. The average Bonchev–Trinajstić information content (AvgIpc) is 2.69. The van der Waals surface area contributed by atoms with E-state index in [-0.39, 0.29) is 11.4 Å². The number of pyridine rings is 1. The summed E-state index contributed by atoms with van der Waals surface area (Å²) in [6.45, 7) is 0. The van der Waals surface area contributed by atoms with Gasteiger partial charge in [-0.15, -0.1) is 0 Å². The van der Waals surface area contributed by atoms with Crippen molar-refractivity contribution in [3.63, 3.8) is 0 Å². The van der Waals surface area contributed by atoms with Crippen molar-refractivity contribution in [3.8, 4) is 11.4 Å². The second kappa shape index (κ2) is 3.38. The lowest BCUT2D eigenvalue weighted by Gasteiger charge is -2.05. The van der Waals surface area contributed by atoms with Crippen molar-refractivity contribution in [1.29, 1.82) is 0 Å². The van der Waals surface area contributed by atoms with Crippen molar-refractivity contribution < 1.29 is 17.7 Å². The predicted octanol–water partition coefficient (Wildman–Crippen LogP) is 2.76. The smallest absolute Gasteiger partial charge is 0.364 e. The number of hydrogen-bond donors (Lipinski definition) is 0. The molecule has 0 aliphatic carbocycles.